The molecule has 1 aromatic carbocycles. The summed E-state index contributed by atoms with van der Waals surface area (Å²) in [6.45, 7) is 0. The van der Waals surface area contributed by atoms with E-state index in [0.29, 0.717) is 0 Å². The molecular formula is C6H2Cl2FO. The van der Waals surface area contributed by atoms with Gasteiger partial charge in [0.15, 0.2) is 11.6 Å². The maximum absolute atomic E-state index is 12.4. The molecule has 0 spiro atoms. The third-order valence-corrected chi connectivity index (χ3v) is 1.37. The van der Waals surface area contributed by atoms with E-state index in [2.05, 4.69) is 6.07 Å². The molecule has 0 heterocycles. The molecule has 1 aromatic rings. The number of phenols is 1. The van der Waals surface area contributed by atoms with Gasteiger partial charge in [0.1, 0.15) is 0 Å². The summed E-state index contributed by atoms with van der Waals surface area (Å²) in [7, 11) is 0. The molecule has 53 valence electrons. The summed E-state index contributed by atoms with van der Waals surface area (Å²) in [5.74, 6) is -1.46. The summed E-state index contributed by atoms with van der Waals surface area (Å²) >= 11 is 10.6. The molecule has 0 aromatic heterocycles. The second kappa shape index (κ2) is 2.64. The molecule has 1 N–H and O–H groups in total. The highest BCUT2D eigenvalue weighted by molar-refractivity contribution is 6.34. The molecule has 1 radical (unpaired) electrons. The Kier molecular flexibility index (Phi) is 2.02. The Morgan fingerprint density at radius 3 is 2.60 bits per heavy atom. The third-order valence-electron chi connectivity index (χ3n) is 0.910. The van der Waals surface area contributed by atoms with E-state index in [1.54, 1.807) is 0 Å². The van der Waals surface area contributed by atoms with Gasteiger partial charge in [-0.2, -0.15) is 0 Å². The van der Waals surface area contributed by atoms with Gasteiger partial charge in [0.25, 0.3) is 0 Å². The molecule has 0 fully saturated rings. The minimum atomic E-state index is -0.897. The molecule has 0 aliphatic heterocycles. The number of hydrogen-bond acceptors (Lipinski definition) is 1. The van der Waals surface area contributed by atoms with Crippen molar-refractivity contribution >= 4 is 23.2 Å². The number of rotatable bonds is 0. The summed E-state index contributed by atoms with van der Waals surface area (Å²) in [5, 5.41) is 8.50. The van der Waals surface area contributed by atoms with Crippen LogP contribution < -0.4 is 0 Å². The van der Waals surface area contributed by atoms with Gasteiger partial charge in [-0.1, -0.05) is 23.2 Å². The minimum absolute atomic E-state index is 0.0869. The Labute approximate surface area is 67.0 Å². The topological polar surface area (TPSA) is 20.2 Å². The average molecular weight is 180 g/mol. The average Bonchev–Trinajstić information content (AvgIpc) is 1.82. The fraction of sp³-hybridized carbons (Fsp3) is 0. The van der Waals surface area contributed by atoms with Gasteiger partial charge in [-0.25, -0.2) is 4.39 Å². The Hall–Kier alpha value is -0.470. The van der Waals surface area contributed by atoms with Gasteiger partial charge in [0.2, 0.25) is 0 Å². The Balaban J connectivity index is 3.31. The van der Waals surface area contributed by atoms with Crippen molar-refractivity contribution in [3.63, 3.8) is 0 Å². The first-order valence-electron chi connectivity index (χ1n) is 2.37. The predicted octanol–water partition coefficient (Wildman–Crippen LogP) is 2.64. The smallest absolute Gasteiger partial charge is 0.184 e. The number of hydrogen-bond donors (Lipinski definition) is 1. The lowest BCUT2D eigenvalue weighted by atomic mass is 10.3. The van der Waals surface area contributed by atoms with E-state index in [0.717, 1.165) is 6.07 Å². The molecule has 0 saturated heterocycles. The minimum Gasteiger partial charge on any atom is -0.505 e. The first kappa shape index (κ1) is 7.63. The van der Waals surface area contributed by atoms with E-state index in [1.807, 2.05) is 0 Å². The van der Waals surface area contributed by atoms with Crippen molar-refractivity contribution in [3.8, 4) is 5.75 Å². The van der Waals surface area contributed by atoms with Gasteiger partial charge in [0, 0.05) is 12.1 Å². The molecule has 0 amide bonds. The number of phenolic OH excluding ortho intramolecular Hbond substituents is 1. The third kappa shape index (κ3) is 1.33. The van der Waals surface area contributed by atoms with Gasteiger partial charge in [-0.05, 0) is 0 Å². The number of benzene rings is 1. The van der Waals surface area contributed by atoms with E-state index in [1.165, 1.54) is 0 Å². The SMILES string of the molecule is Oc1cc(Cl)[c]c(Cl)c1F. The fourth-order valence-electron chi connectivity index (χ4n) is 0.492. The van der Waals surface area contributed by atoms with Crippen molar-refractivity contribution in [3.05, 3.63) is 28.0 Å². The van der Waals surface area contributed by atoms with Crippen molar-refractivity contribution in [2.24, 2.45) is 0 Å². The van der Waals surface area contributed by atoms with Crippen LogP contribution in [0.4, 0.5) is 4.39 Å². The first-order chi connectivity index (χ1) is 4.61. The van der Waals surface area contributed by atoms with Crippen molar-refractivity contribution in [1.29, 1.82) is 0 Å². The predicted molar refractivity (Wildman–Crippen MR) is 36.9 cm³/mol. The molecule has 0 aliphatic rings. The second-order valence-electron chi connectivity index (χ2n) is 1.63. The maximum atomic E-state index is 12.4. The molecule has 0 unspecified atom stereocenters. The molecule has 0 atom stereocenters. The van der Waals surface area contributed by atoms with Crippen molar-refractivity contribution in [2.75, 3.05) is 0 Å². The number of halogens is 3. The van der Waals surface area contributed by atoms with E-state index >= 15 is 0 Å². The standard InChI is InChI=1S/C6H2Cl2FO/c7-3-1-4(8)6(9)5(10)2-3/h2,10H. The second-order valence-corrected chi connectivity index (χ2v) is 2.42. The summed E-state index contributed by atoms with van der Waals surface area (Å²) < 4.78 is 12.4. The monoisotopic (exact) mass is 179 g/mol. The zero-order valence-corrected chi connectivity index (χ0v) is 6.17. The van der Waals surface area contributed by atoms with Crippen molar-refractivity contribution in [1.82, 2.24) is 0 Å². The Morgan fingerprint density at radius 2 is 2.10 bits per heavy atom. The van der Waals surface area contributed by atoms with Crippen LogP contribution in [0.1, 0.15) is 0 Å². The summed E-state index contributed by atoms with van der Waals surface area (Å²) in [6, 6.07) is 3.31. The quantitative estimate of drug-likeness (QED) is 0.608. The van der Waals surface area contributed by atoms with E-state index in [-0.39, 0.29) is 10.0 Å². The number of aromatic hydroxyl groups is 1. The van der Waals surface area contributed by atoms with E-state index in [9.17, 15) is 4.39 Å². The van der Waals surface area contributed by atoms with E-state index in [4.69, 9.17) is 28.3 Å². The molecule has 4 heteroatoms. The van der Waals surface area contributed by atoms with Crippen molar-refractivity contribution in [2.45, 2.75) is 0 Å². The van der Waals surface area contributed by atoms with Crippen LogP contribution in [0.25, 0.3) is 0 Å². The maximum Gasteiger partial charge on any atom is 0.184 e. The zero-order valence-electron chi connectivity index (χ0n) is 4.66. The van der Waals surface area contributed by atoms with E-state index < -0.39 is 11.6 Å². The van der Waals surface area contributed by atoms with Crippen LogP contribution in [0.3, 0.4) is 0 Å². The molecule has 1 rings (SSSR count). The van der Waals surface area contributed by atoms with Crippen LogP contribution in [0.5, 0.6) is 5.75 Å². The highest BCUT2D eigenvalue weighted by Crippen LogP contribution is 2.26. The molecular weight excluding hydrogens is 178 g/mol. The van der Waals surface area contributed by atoms with Gasteiger partial charge in [0.05, 0.1) is 10.0 Å². The highest BCUT2D eigenvalue weighted by atomic mass is 35.5. The van der Waals surface area contributed by atoms with Crippen LogP contribution in [-0.2, 0) is 0 Å². The van der Waals surface area contributed by atoms with Crippen LogP contribution >= 0.6 is 23.2 Å². The molecule has 1 nitrogen and oxygen atoms in total. The lowest BCUT2D eigenvalue weighted by molar-refractivity contribution is 0.432. The van der Waals surface area contributed by atoms with Crippen LogP contribution in [-0.4, -0.2) is 5.11 Å². The fourth-order valence-corrected chi connectivity index (χ4v) is 0.936. The lowest BCUT2D eigenvalue weighted by Crippen LogP contribution is -1.78. The van der Waals surface area contributed by atoms with Gasteiger partial charge < -0.3 is 5.11 Å². The normalized spacial score (nSPS) is 9.90. The summed E-state index contributed by atoms with van der Waals surface area (Å²) in [4.78, 5) is 0. The van der Waals surface area contributed by atoms with Crippen LogP contribution in [0, 0.1) is 11.9 Å². The Morgan fingerprint density at radius 1 is 1.50 bits per heavy atom. The highest BCUT2D eigenvalue weighted by Gasteiger charge is 2.06. The largest absolute Gasteiger partial charge is 0.505 e. The van der Waals surface area contributed by atoms with Crippen LogP contribution in [0.15, 0.2) is 6.07 Å². The van der Waals surface area contributed by atoms with Crippen LogP contribution in [0.2, 0.25) is 10.0 Å². The molecule has 10 heavy (non-hydrogen) atoms. The van der Waals surface area contributed by atoms with Gasteiger partial charge in [-0.15, -0.1) is 0 Å². The first-order valence-corrected chi connectivity index (χ1v) is 3.12. The van der Waals surface area contributed by atoms with Gasteiger partial charge in [-0.3, -0.25) is 0 Å². The molecule has 0 aliphatic carbocycles. The lowest BCUT2D eigenvalue weighted by Gasteiger charge is -1.96. The Bertz CT molecular complexity index is 239. The van der Waals surface area contributed by atoms with Gasteiger partial charge >= 0.3 is 0 Å². The summed E-state index contributed by atoms with van der Waals surface area (Å²) in [5.41, 5.74) is 0. The zero-order chi connectivity index (χ0) is 7.72. The molecule has 0 saturated carbocycles. The van der Waals surface area contributed by atoms with Crippen molar-refractivity contribution < 1.29 is 9.50 Å². The summed E-state index contributed by atoms with van der Waals surface area (Å²) in [6.07, 6.45) is 0. The molecule has 0 bridgehead atoms.